The van der Waals surface area contributed by atoms with E-state index >= 15 is 0 Å². The van der Waals surface area contributed by atoms with E-state index in [2.05, 4.69) is 41.4 Å². The van der Waals surface area contributed by atoms with Gasteiger partial charge in [-0.2, -0.15) is 0 Å². The fourth-order valence-electron chi connectivity index (χ4n) is 4.51. The minimum absolute atomic E-state index is 0.247. The molecule has 4 nitrogen and oxygen atoms in total. The summed E-state index contributed by atoms with van der Waals surface area (Å²) in [5.74, 6) is 1.36. The van der Waals surface area contributed by atoms with Crippen molar-refractivity contribution in [2.75, 3.05) is 6.61 Å². The number of rotatable bonds is 8. The summed E-state index contributed by atoms with van der Waals surface area (Å²) < 4.78 is 5.97. The van der Waals surface area contributed by atoms with Gasteiger partial charge in [0.25, 0.3) is 0 Å². The van der Waals surface area contributed by atoms with Crippen molar-refractivity contribution in [3.63, 3.8) is 0 Å². The average molecular weight is 476 g/mol. The van der Waals surface area contributed by atoms with Gasteiger partial charge in [-0.1, -0.05) is 54.6 Å². The van der Waals surface area contributed by atoms with Gasteiger partial charge in [0, 0.05) is 18.3 Å². The Morgan fingerprint density at radius 3 is 2.47 bits per heavy atom. The van der Waals surface area contributed by atoms with E-state index in [0.29, 0.717) is 6.61 Å². The lowest BCUT2D eigenvalue weighted by Gasteiger charge is -2.15. The number of nitrogens with zero attached hydrogens (tertiary/aromatic N) is 1. The van der Waals surface area contributed by atoms with Crippen molar-refractivity contribution in [1.82, 2.24) is 0 Å². The first-order chi connectivity index (χ1) is 17.7. The molecule has 180 valence electrons. The smallest absolute Gasteiger partial charge is 0.119 e. The van der Waals surface area contributed by atoms with E-state index < -0.39 is 0 Å². The van der Waals surface area contributed by atoms with E-state index in [1.165, 1.54) is 11.1 Å². The Morgan fingerprint density at radius 1 is 0.833 bits per heavy atom. The van der Waals surface area contributed by atoms with Crippen molar-refractivity contribution in [3.8, 4) is 28.4 Å². The third kappa shape index (κ3) is 5.66. The van der Waals surface area contributed by atoms with Crippen LogP contribution in [0.2, 0.25) is 0 Å². The van der Waals surface area contributed by atoms with Gasteiger partial charge >= 0.3 is 0 Å². The maximum atomic E-state index is 9.98. The third-order valence-corrected chi connectivity index (χ3v) is 6.37. The molecule has 0 unspecified atom stereocenters. The molecule has 1 heterocycles. The van der Waals surface area contributed by atoms with Crippen LogP contribution in [0.25, 0.3) is 21.9 Å². The first-order valence-corrected chi connectivity index (χ1v) is 12.3. The molecule has 2 N–H and O–H groups in total. The van der Waals surface area contributed by atoms with Crippen LogP contribution in [0.5, 0.6) is 17.2 Å². The molecule has 0 spiro atoms. The first kappa shape index (κ1) is 23.4. The first-order valence-electron chi connectivity index (χ1n) is 12.3. The molecule has 5 rings (SSSR count). The second-order valence-corrected chi connectivity index (χ2v) is 8.95. The number of allylic oxidation sites excluding steroid dienone is 4. The van der Waals surface area contributed by atoms with Crippen LogP contribution in [0.3, 0.4) is 0 Å². The number of benzene rings is 4. The summed E-state index contributed by atoms with van der Waals surface area (Å²) >= 11 is 0. The summed E-state index contributed by atoms with van der Waals surface area (Å²) in [6, 6.07) is 25.2. The molecule has 0 saturated heterocycles. The molecular formula is C32H29NO3. The monoisotopic (exact) mass is 475 g/mol. The molecule has 0 bridgehead atoms. The molecule has 0 atom stereocenters. The van der Waals surface area contributed by atoms with Gasteiger partial charge in [-0.05, 0) is 94.8 Å². The van der Waals surface area contributed by atoms with Gasteiger partial charge in [-0.15, -0.1) is 0 Å². The quantitative estimate of drug-likeness (QED) is 0.258. The minimum Gasteiger partial charge on any atom is -0.508 e. The lowest BCUT2D eigenvalue weighted by Crippen LogP contribution is -1.99. The third-order valence-electron chi connectivity index (χ3n) is 6.37. The van der Waals surface area contributed by atoms with Crippen molar-refractivity contribution in [2.24, 2.45) is 4.99 Å². The fourth-order valence-corrected chi connectivity index (χ4v) is 4.51. The van der Waals surface area contributed by atoms with Gasteiger partial charge in [0.15, 0.2) is 0 Å². The Bertz CT molecular complexity index is 1430. The van der Waals surface area contributed by atoms with Crippen molar-refractivity contribution >= 4 is 17.0 Å². The van der Waals surface area contributed by atoms with E-state index in [1.807, 2.05) is 42.6 Å². The van der Waals surface area contributed by atoms with Gasteiger partial charge in [0.05, 0.1) is 6.61 Å². The van der Waals surface area contributed by atoms with E-state index in [-0.39, 0.29) is 11.5 Å². The van der Waals surface area contributed by atoms with E-state index in [0.717, 1.165) is 59.0 Å². The lowest BCUT2D eigenvalue weighted by molar-refractivity contribution is 0.310. The van der Waals surface area contributed by atoms with Crippen LogP contribution in [0, 0.1) is 0 Å². The maximum Gasteiger partial charge on any atom is 0.119 e. The number of phenolic OH excluding ortho intramolecular Hbond substituents is 2. The van der Waals surface area contributed by atoms with E-state index in [4.69, 9.17) is 4.74 Å². The molecule has 0 aromatic heterocycles. The average Bonchev–Trinajstić information content (AvgIpc) is 3.17. The van der Waals surface area contributed by atoms with Crippen LogP contribution < -0.4 is 4.74 Å². The molecule has 0 fully saturated rings. The van der Waals surface area contributed by atoms with Crippen LogP contribution in [0.4, 0.5) is 0 Å². The second-order valence-electron chi connectivity index (χ2n) is 8.95. The summed E-state index contributed by atoms with van der Waals surface area (Å²) in [6.07, 6.45) is 11.6. The lowest BCUT2D eigenvalue weighted by atomic mass is 9.90. The van der Waals surface area contributed by atoms with Gasteiger partial charge in [-0.3, -0.25) is 4.99 Å². The molecule has 1 aliphatic heterocycles. The summed E-state index contributed by atoms with van der Waals surface area (Å²) in [7, 11) is 0. The molecule has 4 aromatic carbocycles. The van der Waals surface area contributed by atoms with Crippen LogP contribution in [0.15, 0.2) is 108 Å². The van der Waals surface area contributed by atoms with Gasteiger partial charge < -0.3 is 14.9 Å². The fraction of sp³-hybridized carbons (Fsp3) is 0.156. The molecule has 1 aliphatic rings. The summed E-state index contributed by atoms with van der Waals surface area (Å²) in [5, 5.41) is 21.8. The van der Waals surface area contributed by atoms with Gasteiger partial charge in [0.2, 0.25) is 0 Å². The van der Waals surface area contributed by atoms with Crippen LogP contribution in [-0.4, -0.2) is 23.0 Å². The number of hydrogen-bond acceptors (Lipinski definition) is 4. The Kier molecular flexibility index (Phi) is 7.13. The summed E-state index contributed by atoms with van der Waals surface area (Å²) in [6.45, 7) is 0.647. The molecule has 0 radical (unpaired) electrons. The molecule has 4 heteroatoms. The highest BCUT2D eigenvalue weighted by Gasteiger charge is 2.12. The predicted octanol–water partition coefficient (Wildman–Crippen LogP) is 7.58. The summed E-state index contributed by atoms with van der Waals surface area (Å²) in [5.41, 5.74) is 5.60. The number of aromatic hydroxyl groups is 2. The van der Waals surface area contributed by atoms with Crippen molar-refractivity contribution in [1.29, 1.82) is 0 Å². The van der Waals surface area contributed by atoms with Gasteiger partial charge in [-0.25, -0.2) is 0 Å². The second kappa shape index (κ2) is 11.0. The number of hydrogen-bond donors (Lipinski definition) is 2. The zero-order chi connectivity index (χ0) is 24.7. The van der Waals surface area contributed by atoms with Gasteiger partial charge in [0.1, 0.15) is 17.2 Å². The zero-order valence-corrected chi connectivity index (χ0v) is 20.1. The van der Waals surface area contributed by atoms with Crippen molar-refractivity contribution in [3.05, 3.63) is 114 Å². The van der Waals surface area contributed by atoms with E-state index in [9.17, 15) is 10.2 Å². The Morgan fingerprint density at radius 2 is 1.64 bits per heavy atom. The molecule has 36 heavy (non-hydrogen) atoms. The zero-order valence-electron chi connectivity index (χ0n) is 20.1. The Labute approximate surface area is 211 Å². The Hall–Kier alpha value is -4.31. The van der Waals surface area contributed by atoms with Crippen LogP contribution >= 0.6 is 0 Å². The molecule has 0 saturated carbocycles. The minimum atomic E-state index is 0.247. The number of phenols is 2. The highest BCUT2D eigenvalue weighted by molar-refractivity contribution is 5.93. The van der Waals surface area contributed by atoms with E-state index in [1.54, 1.807) is 24.3 Å². The van der Waals surface area contributed by atoms with Crippen LogP contribution in [-0.2, 0) is 6.42 Å². The van der Waals surface area contributed by atoms with Crippen LogP contribution in [0.1, 0.15) is 30.4 Å². The summed E-state index contributed by atoms with van der Waals surface area (Å²) in [4.78, 5) is 4.47. The predicted molar refractivity (Wildman–Crippen MR) is 147 cm³/mol. The number of fused-ring (bicyclic) bond motifs is 1. The Balaban J connectivity index is 1.32. The number of aliphatic imine (C=N–C) groups is 1. The maximum absolute atomic E-state index is 9.98. The standard InChI is InChI=1S/C32H29NO3/c34-27-12-9-24(10-13-27)30-17-11-25-22-28(35)14-18-31(25)32(30)21-23-7-15-29(16-8-23)36-20-4-6-26-5-2-1-3-19-33-26/h1-2,5,7-19,22,34-35H,3-4,6,20-21H2. The van der Waals surface area contributed by atoms with Crippen molar-refractivity contribution in [2.45, 2.75) is 25.7 Å². The molecular weight excluding hydrogens is 446 g/mol. The molecule has 0 aliphatic carbocycles. The highest BCUT2D eigenvalue weighted by Crippen LogP contribution is 2.34. The normalized spacial score (nSPS) is 12.9. The molecule has 4 aromatic rings. The number of ether oxygens (including phenoxy) is 1. The molecule has 0 amide bonds. The van der Waals surface area contributed by atoms with Crippen molar-refractivity contribution < 1.29 is 14.9 Å². The highest BCUT2D eigenvalue weighted by atomic mass is 16.5. The SMILES string of the molecule is Oc1ccc(-c2ccc3cc(O)ccc3c2Cc2ccc(OCCCC3=CC=CCC=N3)cc2)cc1. The largest absolute Gasteiger partial charge is 0.508 e. The topological polar surface area (TPSA) is 62.0 Å².